The van der Waals surface area contributed by atoms with Gasteiger partial charge in [0.25, 0.3) is 5.91 Å². The minimum Gasteiger partial charge on any atom is -0.496 e. The van der Waals surface area contributed by atoms with E-state index in [4.69, 9.17) is 9.47 Å². The molecule has 26 heavy (non-hydrogen) atoms. The molecule has 1 aliphatic carbocycles. The lowest BCUT2D eigenvalue weighted by molar-refractivity contribution is -0.124. The molecule has 3 rings (SSSR count). The predicted molar refractivity (Wildman–Crippen MR) is 101 cm³/mol. The van der Waals surface area contributed by atoms with Gasteiger partial charge in [0.15, 0.2) is 6.61 Å². The van der Waals surface area contributed by atoms with Crippen LogP contribution in [0.2, 0.25) is 0 Å². The summed E-state index contributed by atoms with van der Waals surface area (Å²) in [5, 5.41) is 2.74. The minimum absolute atomic E-state index is 0.281. The Hall–Kier alpha value is -2.34. The maximum atomic E-state index is 12.2. The molecular weight excluding hydrogens is 350 g/mol. The number of ether oxygens (including phenoxy) is 2. The zero-order chi connectivity index (χ0) is 18.4. The first-order valence-electron chi connectivity index (χ1n) is 8.84. The number of carbonyl (C=O) groups is 2. The number of benzene rings is 1. The van der Waals surface area contributed by atoms with Gasteiger partial charge in [-0.2, -0.15) is 0 Å². The van der Waals surface area contributed by atoms with Crippen molar-refractivity contribution in [3.63, 3.8) is 0 Å². The van der Waals surface area contributed by atoms with Crippen LogP contribution in [-0.2, 0) is 28.9 Å². The molecule has 0 saturated heterocycles. The van der Waals surface area contributed by atoms with Crippen LogP contribution in [-0.4, -0.2) is 25.6 Å². The fourth-order valence-electron chi connectivity index (χ4n) is 3.06. The van der Waals surface area contributed by atoms with Gasteiger partial charge < -0.3 is 14.8 Å². The Morgan fingerprint density at radius 1 is 1.15 bits per heavy atom. The molecule has 0 bridgehead atoms. The number of esters is 1. The van der Waals surface area contributed by atoms with E-state index in [1.165, 1.54) is 41.0 Å². The van der Waals surface area contributed by atoms with Gasteiger partial charge in [-0.3, -0.25) is 4.79 Å². The van der Waals surface area contributed by atoms with Gasteiger partial charge >= 0.3 is 5.97 Å². The SMILES string of the molecule is COc1ccccc1CNC(=O)COC(=O)c1cc2c(s1)CCCCC2. The summed E-state index contributed by atoms with van der Waals surface area (Å²) in [7, 11) is 1.59. The molecule has 1 amide bonds. The quantitative estimate of drug-likeness (QED) is 0.622. The van der Waals surface area contributed by atoms with Crippen molar-refractivity contribution in [3.05, 3.63) is 51.2 Å². The van der Waals surface area contributed by atoms with Gasteiger partial charge in [0, 0.05) is 17.0 Å². The zero-order valence-corrected chi connectivity index (χ0v) is 15.7. The number of amides is 1. The molecule has 0 aliphatic heterocycles. The highest BCUT2D eigenvalue weighted by Crippen LogP contribution is 2.29. The van der Waals surface area contributed by atoms with E-state index in [0.29, 0.717) is 17.2 Å². The van der Waals surface area contributed by atoms with Crippen LogP contribution in [0, 0.1) is 0 Å². The van der Waals surface area contributed by atoms with Gasteiger partial charge in [-0.15, -0.1) is 11.3 Å². The Morgan fingerprint density at radius 2 is 1.96 bits per heavy atom. The van der Waals surface area contributed by atoms with Gasteiger partial charge in [-0.1, -0.05) is 24.6 Å². The molecule has 0 radical (unpaired) electrons. The molecule has 5 nitrogen and oxygen atoms in total. The van der Waals surface area contributed by atoms with Crippen LogP contribution < -0.4 is 10.1 Å². The number of thiophene rings is 1. The number of para-hydroxylation sites is 1. The van der Waals surface area contributed by atoms with E-state index in [1.807, 2.05) is 30.3 Å². The summed E-state index contributed by atoms with van der Waals surface area (Å²) in [5.41, 5.74) is 2.14. The standard InChI is InChI=1S/C20H23NO4S/c1-24-16-9-6-5-8-15(16)12-21-19(22)13-25-20(23)18-11-14-7-3-2-4-10-17(14)26-18/h5-6,8-9,11H,2-4,7,10,12-13H2,1H3,(H,21,22). The first-order valence-corrected chi connectivity index (χ1v) is 9.66. The molecule has 0 saturated carbocycles. The number of hydrogen-bond donors (Lipinski definition) is 1. The van der Waals surface area contributed by atoms with E-state index in [0.717, 1.165) is 18.4 Å². The Kier molecular flexibility index (Phi) is 6.28. The summed E-state index contributed by atoms with van der Waals surface area (Å²) in [6.07, 6.45) is 5.65. The van der Waals surface area contributed by atoms with Crippen LogP contribution in [0.3, 0.4) is 0 Å². The van der Waals surface area contributed by atoms with Crippen molar-refractivity contribution in [2.75, 3.05) is 13.7 Å². The van der Waals surface area contributed by atoms with E-state index < -0.39 is 5.97 Å². The Balaban J connectivity index is 1.49. The maximum Gasteiger partial charge on any atom is 0.348 e. The molecule has 1 heterocycles. The molecule has 138 valence electrons. The topological polar surface area (TPSA) is 64.6 Å². The molecule has 1 aliphatic rings. The third kappa shape index (κ3) is 4.64. The number of carbonyl (C=O) groups excluding carboxylic acids is 2. The van der Waals surface area contributed by atoms with Crippen molar-refractivity contribution in [2.24, 2.45) is 0 Å². The fourth-order valence-corrected chi connectivity index (χ4v) is 4.21. The highest BCUT2D eigenvalue weighted by atomic mass is 32.1. The summed E-state index contributed by atoms with van der Waals surface area (Å²) >= 11 is 1.50. The lowest BCUT2D eigenvalue weighted by atomic mass is 10.1. The van der Waals surface area contributed by atoms with Crippen molar-refractivity contribution in [1.29, 1.82) is 0 Å². The van der Waals surface area contributed by atoms with Crippen LogP contribution in [0.15, 0.2) is 30.3 Å². The molecule has 1 aromatic carbocycles. The summed E-state index contributed by atoms with van der Waals surface area (Å²) in [6, 6.07) is 9.39. The molecule has 2 aromatic rings. The monoisotopic (exact) mass is 373 g/mol. The third-order valence-corrected chi connectivity index (χ3v) is 5.67. The molecule has 0 fully saturated rings. The van der Waals surface area contributed by atoms with Crippen LogP contribution >= 0.6 is 11.3 Å². The fraction of sp³-hybridized carbons (Fsp3) is 0.400. The molecule has 0 atom stereocenters. The predicted octanol–water partition coefficient (Wildman–Crippen LogP) is 3.50. The average molecular weight is 373 g/mol. The first kappa shape index (κ1) is 18.5. The van der Waals surface area contributed by atoms with Crippen molar-refractivity contribution < 1.29 is 19.1 Å². The van der Waals surface area contributed by atoms with Gasteiger partial charge in [0.05, 0.1) is 7.11 Å². The normalized spacial score (nSPS) is 13.4. The lowest BCUT2D eigenvalue weighted by Gasteiger charge is -2.09. The first-order chi connectivity index (χ1) is 12.7. The highest BCUT2D eigenvalue weighted by molar-refractivity contribution is 7.14. The van der Waals surface area contributed by atoms with Crippen molar-refractivity contribution >= 4 is 23.2 Å². The van der Waals surface area contributed by atoms with Crippen molar-refractivity contribution in [2.45, 2.75) is 38.6 Å². The summed E-state index contributed by atoms with van der Waals surface area (Å²) in [5.74, 6) is -0.0391. The summed E-state index contributed by atoms with van der Waals surface area (Å²) in [6.45, 7) is 0.0459. The molecule has 0 spiro atoms. The summed E-state index contributed by atoms with van der Waals surface area (Å²) in [4.78, 5) is 26.1. The smallest absolute Gasteiger partial charge is 0.348 e. The van der Waals surface area contributed by atoms with E-state index >= 15 is 0 Å². The lowest BCUT2D eigenvalue weighted by Crippen LogP contribution is -2.28. The second kappa shape index (κ2) is 8.85. The molecule has 6 heteroatoms. The number of hydrogen-bond acceptors (Lipinski definition) is 5. The largest absolute Gasteiger partial charge is 0.496 e. The second-order valence-corrected chi connectivity index (χ2v) is 7.42. The Morgan fingerprint density at radius 3 is 2.81 bits per heavy atom. The number of rotatable bonds is 6. The highest BCUT2D eigenvalue weighted by Gasteiger charge is 2.18. The van der Waals surface area contributed by atoms with Crippen molar-refractivity contribution in [3.8, 4) is 5.75 Å². The van der Waals surface area contributed by atoms with E-state index in [-0.39, 0.29) is 12.5 Å². The van der Waals surface area contributed by atoms with E-state index in [1.54, 1.807) is 7.11 Å². The van der Waals surface area contributed by atoms with Gasteiger partial charge in [0.2, 0.25) is 0 Å². The molecule has 1 aromatic heterocycles. The van der Waals surface area contributed by atoms with E-state index in [2.05, 4.69) is 5.32 Å². The zero-order valence-electron chi connectivity index (χ0n) is 14.9. The average Bonchev–Trinajstić information content (AvgIpc) is 2.95. The number of methoxy groups -OCH3 is 1. The number of aryl methyl sites for hydroxylation is 2. The van der Waals surface area contributed by atoms with Crippen LogP contribution in [0.1, 0.15) is 44.9 Å². The van der Waals surface area contributed by atoms with Gasteiger partial charge in [-0.25, -0.2) is 4.79 Å². The van der Waals surface area contributed by atoms with E-state index in [9.17, 15) is 9.59 Å². The minimum atomic E-state index is -0.421. The van der Waals surface area contributed by atoms with Crippen LogP contribution in [0.4, 0.5) is 0 Å². The molecule has 0 unspecified atom stereocenters. The van der Waals surface area contributed by atoms with Gasteiger partial charge in [-0.05, 0) is 43.4 Å². The second-order valence-electron chi connectivity index (χ2n) is 6.28. The molecular formula is C20H23NO4S. The maximum absolute atomic E-state index is 12.2. The van der Waals surface area contributed by atoms with Crippen molar-refractivity contribution in [1.82, 2.24) is 5.32 Å². The molecule has 1 N–H and O–H groups in total. The van der Waals surface area contributed by atoms with Gasteiger partial charge in [0.1, 0.15) is 10.6 Å². The summed E-state index contributed by atoms with van der Waals surface area (Å²) < 4.78 is 10.4. The van der Waals surface area contributed by atoms with Crippen LogP contribution in [0.5, 0.6) is 5.75 Å². The third-order valence-electron chi connectivity index (χ3n) is 4.45. The Labute approximate surface area is 157 Å². The number of fused-ring (bicyclic) bond motifs is 1. The number of nitrogens with one attached hydrogen (secondary N) is 1. The van der Waals surface area contributed by atoms with Crippen LogP contribution in [0.25, 0.3) is 0 Å². The Bertz CT molecular complexity index is 760.